The summed E-state index contributed by atoms with van der Waals surface area (Å²) in [6, 6.07) is 8.54. The van der Waals surface area contributed by atoms with Crippen LogP contribution in [0, 0.1) is 0 Å². The number of aliphatic hydroxyl groups is 1. The summed E-state index contributed by atoms with van der Waals surface area (Å²) in [6.45, 7) is 3.32. The highest BCUT2D eigenvalue weighted by Crippen LogP contribution is 2.21. The molecule has 1 aromatic carbocycles. The minimum atomic E-state index is -1.37. The molecule has 64 valence electrons. The first-order valence-corrected chi connectivity index (χ1v) is 3.75. The van der Waals surface area contributed by atoms with E-state index in [9.17, 15) is 4.39 Å². The van der Waals surface area contributed by atoms with Crippen LogP contribution in [-0.4, -0.2) is 11.2 Å². The minimum absolute atomic E-state index is 0.477. The second kappa shape index (κ2) is 4.02. The second-order valence-electron chi connectivity index (χ2n) is 2.54. The molecule has 0 aliphatic heterocycles. The molecule has 2 atom stereocenters. The van der Waals surface area contributed by atoms with Crippen LogP contribution in [0.3, 0.4) is 0 Å². The first-order chi connectivity index (χ1) is 5.75. The summed E-state index contributed by atoms with van der Waals surface area (Å²) in [5, 5.41) is 9.09. The van der Waals surface area contributed by atoms with Crippen LogP contribution in [0.1, 0.15) is 11.7 Å². The molecule has 0 saturated heterocycles. The number of alkyl halides is 1. The SMILES string of the molecule is C=CC(O)C(F)c1ccccc1. The highest BCUT2D eigenvalue weighted by atomic mass is 19.1. The van der Waals surface area contributed by atoms with Crippen LogP contribution < -0.4 is 0 Å². The van der Waals surface area contributed by atoms with Crippen molar-refractivity contribution in [3.63, 3.8) is 0 Å². The molecule has 0 heterocycles. The van der Waals surface area contributed by atoms with Crippen molar-refractivity contribution in [1.29, 1.82) is 0 Å². The first-order valence-electron chi connectivity index (χ1n) is 3.75. The van der Waals surface area contributed by atoms with E-state index in [-0.39, 0.29) is 0 Å². The molecule has 0 radical (unpaired) electrons. The average Bonchev–Trinajstić information content (AvgIpc) is 2.17. The number of rotatable bonds is 3. The summed E-state index contributed by atoms with van der Waals surface area (Å²) in [7, 11) is 0. The zero-order chi connectivity index (χ0) is 8.97. The van der Waals surface area contributed by atoms with Crippen molar-refractivity contribution in [2.24, 2.45) is 0 Å². The van der Waals surface area contributed by atoms with Gasteiger partial charge in [-0.2, -0.15) is 0 Å². The van der Waals surface area contributed by atoms with Crippen LogP contribution in [0.25, 0.3) is 0 Å². The fourth-order valence-corrected chi connectivity index (χ4v) is 0.954. The van der Waals surface area contributed by atoms with Gasteiger partial charge in [-0.15, -0.1) is 6.58 Å². The molecular weight excluding hydrogens is 155 g/mol. The lowest BCUT2D eigenvalue weighted by Gasteiger charge is -2.11. The number of hydrogen-bond donors (Lipinski definition) is 1. The van der Waals surface area contributed by atoms with Crippen molar-refractivity contribution < 1.29 is 9.50 Å². The maximum atomic E-state index is 13.2. The highest BCUT2D eigenvalue weighted by Gasteiger charge is 2.16. The Kier molecular flexibility index (Phi) is 3.00. The summed E-state index contributed by atoms with van der Waals surface area (Å²) in [4.78, 5) is 0. The third-order valence-electron chi connectivity index (χ3n) is 1.66. The Labute approximate surface area is 71.2 Å². The molecule has 0 aromatic heterocycles. The normalized spacial score (nSPS) is 15.2. The summed E-state index contributed by atoms with van der Waals surface area (Å²) in [6.07, 6.45) is -1.30. The van der Waals surface area contributed by atoms with E-state index in [4.69, 9.17) is 5.11 Å². The molecule has 0 fully saturated rings. The van der Waals surface area contributed by atoms with Crippen LogP contribution in [-0.2, 0) is 0 Å². The van der Waals surface area contributed by atoms with Gasteiger partial charge < -0.3 is 5.11 Å². The Morgan fingerprint density at radius 3 is 2.42 bits per heavy atom. The molecule has 0 saturated carbocycles. The first kappa shape index (κ1) is 8.94. The summed E-state index contributed by atoms with van der Waals surface area (Å²) < 4.78 is 13.2. The van der Waals surface area contributed by atoms with Crippen LogP contribution in [0.15, 0.2) is 43.0 Å². The number of hydrogen-bond acceptors (Lipinski definition) is 1. The molecule has 1 rings (SSSR count). The van der Waals surface area contributed by atoms with E-state index in [1.165, 1.54) is 6.08 Å². The molecule has 2 heteroatoms. The molecular formula is C10H11FO. The van der Waals surface area contributed by atoms with Crippen LogP contribution in [0.4, 0.5) is 4.39 Å². The molecule has 1 nitrogen and oxygen atoms in total. The van der Waals surface area contributed by atoms with Gasteiger partial charge in [0, 0.05) is 0 Å². The summed E-state index contributed by atoms with van der Waals surface area (Å²) in [5.74, 6) is 0. The summed E-state index contributed by atoms with van der Waals surface area (Å²) in [5.41, 5.74) is 0.477. The lowest BCUT2D eigenvalue weighted by molar-refractivity contribution is 0.117. The Morgan fingerprint density at radius 1 is 1.33 bits per heavy atom. The Bertz CT molecular complexity index is 245. The van der Waals surface area contributed by atoms with Gasteiger partial charge in [-0.25, -0.2) is 4.39 Å². The van der Waals surface area contributed by atoms with Gasteiger partial charge in [0.05, 0.1) is 0 Å². The number of benzene rings is 1. The maximum Gasteiger partial charge on any atom is 0.154 e. The summed E-state index contributed by atoms with van der Waals surface area (Å²) >= 11 is 0. The fourth-order valence-electron chi connectivity index (χ4n) is 0.954. The fraction of sp³-hybridized carbons (Fsp3) is 0.200. The van der Waals surface area contributed by atoms with Gasteiger partial charge in [0.25, 0.3) is 0 Å². The van der Waals surface area contributed by atoms with Crippen molar-refractivity contribution in [3.05, 3.63) is 48.6 Å². The molecule has 0 aliphatic carbocycles. The predicted octanol–water partition coefficient (Wildman–Crippen LogP) is 2.24. The third kappa shape index (κ3) is 1.92. The highest BCUT2D eigenvalue weighted by molar-refractivity contribution is 5.19. The quantitative estimate of drug-likeness (QED) is 0.683. The Balaban J connectivity index is 2.78. The van der Waals surface area contributed by atoms with E-state index in [1.807, 2.05) is 0 Å². The van der Waals surface area contributed by atoms with E-state index >= 15 is 0 Å². The maximum absolute atomic E-state index is 13.2. The molecule has 0 bridgehead atoms. The molecule has 1 aromatic rings. The zero-order valence-corrected chi connectivity index (χ0v) is 6.65. The molecule has 1 N–H and O–H groups in total. The van der Waals surface area contributed by atoms with Crippen molar-refractivity contribution >= 4 is 0 Å². The van der Waals surface area contributed by atoms with Gasteiger partial charge >= 0.3 is 0 Å². The van der Waals surface area contributed by atoms with Gasteiger partial charge in [0.2, 0.25) is 0 Å². The van der Waals surface area contributed by atoms with Gasteiger partial charge in [-0.3, -0.25) is 0 Å². The van der Waals surface area contributed by atoms with E-state index in [1.54, 1.807) is 30.3 Å². The topological polar surface area (TPSA) is 20.2 Å². The lowest BCUT2D eigenvalue weighted by atomic mass is 10.1. The Hall–Kier alpha value is -1.15. The predicted molar refractivity (Wildman–Crippen MR) is 46.5 cm³/mol. The second-order valence-corrected chi connectivity index (χ2v) is 2.54. The van der Waals surface area contributed by atoms with Gasteiger partial charge in [0.15, 0.2) is 6.17 Å². The molecule has 0 amide bonds. The van der Waals surface area contributed by atoms with Crippen LogP contribution in [0.5, 0.6) is 0 Å². The molecule has 12 heavy (non-hydrogen) atoms. The molecule has 0 spiro atoms. The lowest BCUT2D eigenvalue weighted by Crippen LogP contribution is -2.10. The largest absolute Gasteiger partial charge is 0.386 e. The van der Waals surface area contributed by atoms with Crippen molar-refractivity contribution in [2.45, 2.75) is 12.3 Å². The zero-order valence-electron chi connectivity index (χ0n) is 6.65. The van der Waals surface area contributed by atoms with E-state index in [2.05, 4.69) is 6.58 Å². The van der Waals surface area contributed by atoms with Gasteiger partial charge in [-0.1, -0.05) is 36.4 Å². The Morgan fingerprint density at radius 2 is 1.92 bits per heavy atom. The van der Waals surface area contributed by atoms with Crippen molar-refractivity contribution in [2.75, 3.05) is 0 Å². The molecule has 2 unspecified atom stereocenters. The standard InChI is InChI=1S/C10H11FO/c1-2-9(12)10(11)8-6-4-3-5-7-8/h2-7,9-10,12H,1H2. The van der Waals surface area contributed by atoms with Crippen LogP contribution in [0.2, 0.25) is 0 Å². The van der Waals surface area contributed by atoms with Crippen LogP contribution >= 0.6 is 0 Å². The number of halogens is 1. The van der Waals surface area contributed by atoms with E-state index < -0.39 is 12.3 Å². The molecule has 0 aliphatic rings. The van der Waals surface area contributed by atoms with Gasteiger partial charge in [0.1, 0.15) is 6.10 Å². The van der Waals surface area contributed by atoms with E-state index in [0.29, 0.717) is 5.56 Å². The van der Waals surface area contributed by atoms with Crippen molar-refractivity contribution in [1.82, 2.24) is 0 Å². The average molecular weight is 166 g/mol. The number of aliphatic hydroxyl groups excluding tert-OH is 1. The monoisotopic (exact) mass is 166 g/mol. The van der Waals surface area contributed by atoms with Crippen molar-refractivity contribution in [3.8, 4) is 0 Å². The third-order valence-corrected chi connectivity index (χ3v) is 1.66. The smallest absolute Gasteiger partial charge is 0.154 e. The minimum Gasteiger partial charge on any atom is -0.386 e. The van der Waals surface area contributed by atoms with Gasteiger partial charge in [-0.05, 0) is 5.56 Å². The van der Waals surface area contributed by atoms with E-state index in [0.717, 1.165) is 0 Å².